The molecule has 0 bridgehead atoms. The lowest BCUT2D eigenvalue weighted by Gasteiger charge is -2.12. The Morgan fingerprint density at radius 3 is 2.55 bits per heavy atom. The number of anilines is 1. The van der Waals surface area contributed by atoms with Gasteiger partial charge in [0, 0.05) is 44.3 Å². The van der Waals surface area contributed by atoms with Gasteiger partial charge in [-0.1, -0.05) is 17.3 Å². The van der Waals surface area contributed by atoms with E-state index in [0.717, 1.165) is 24.4 Å². The lowest BCUT2D eigenvalue weighted by Crippen LogP contribution is -2.25. The standard InChI is InChI=1S/C21H28N4O6S2/c1-14-22-21(32-25-14)23-20(26)19(24-31-17-8-7-16(13-17)30-3)15-5-9-18(10-6-15)33(27,28)12-4-11-29-2/h5-6,9-10,16-17H,4,7-8,11-13H2,1-3H3,(H,22,23,25,26)/b24-19+/t16-,17-/m1/s1. The summed E-state index contributed by atoms with van der Waals surface area (Å²) in [4.78, 5) is 22.9. The number of aromatic nitrogens is 2. The van der Waals surface area contributed by atoms with Crippen LogP contribution in [0.3, 0.4) is 0 Å². The van der Waals surface area contributed by atoms with Crippen molar-refractivity contribution in [3.8, 4) is 0 Å². The zero-order valence-corrected chi connectivity index (χ0v) is 20.4. The third-order valence-corrected chi connectivity index (χ3v) is 7.71. The van der Waals surface area contributed by atoms with Crippen molar-refractivity contribution in [1.82, 2.24) is 9.36 Å². The molecule has 0 saturated heterocycles. The first-order chi connectivity index (χ1) is 15.8. The summed E-state index contributed by atoms with van der Waals surface area (Å²) in [6.07, 6.45) is 2.65. The number of hydrogen-bond acceptors (Lipinski definition) is 10. The molecule has 1 saturated carbocycles. The summed E-state index contributed by atoms with van der Waals surface area (Å²) in [7, 11) is -0.273. The number of carbonyl (C=O) groups is 1. The molecule has 10 nitrogen and oxygen atoms in total. The number of nitrogens with one attached hydrogen (secondary N) is 1. The topological polar surface area (TPSA) is 129 Å². The fourth-order valence-corrected chi connectivity index (χ4v) is 5.25. The zero-order valence-electron chi connectivity index (χ0n) is 18.8. The molecular weight excluding hydrogens is 468 g/mol. The third-order valence-electron chi connectivity index (χ3n) is 5.17. The summed E-state index contributed by atoms with van der Waals surface area (Å²) in [5.41, 5.74) is 0.443. The number of benzene rings is 1. The molecule has 1 aliphatic carbocycles. The molecule has 2 aromatic rings. The largest absolute Gasteiger partial charge is 0.392 e. The van der Waals surface area contributed by atoms with Crippen molar-refractivity contribution >= 4 is 38.1 Å². The van der Waals surface area contributed by atoms with Gasteiger partial charge in [-0.2, -0.15) is 4.37 Å². The fourth-order valence-electron chi connectivity index (χ4n) is 3.40. The monoisotopic (exact) mass is 496 g/mol. The molecule has 1 aliphatic rings. The minimum absolute atomic E-state index is 0.0204. The molecule has 0 radical (unpaired) electrons. The number of nitrogens with zero attached hydrogens (tertiary/aromatic N) is 3. The quantitative estimate of drug-likeness (QED) is 0.285. The molecule has 1 fully saturated rings. The van der Waals surface area contributed by atoms with Crippen molar-refractivity contribution in [2.45, 2.75) is 49.7 Å². The fraction of sp³-hybridized carbons (Fsp3) is 0.524. The maximum Gasteiger partial charge on any atom is 0.280 e. The van der Waals surface area contributed by atoms with Crippen LogP contribution in [0.15, 0.2) is 34.3 Å². The van der Waals surface area contributed by atoms with Gasteiger partial charge in [-0.15, -0.1) is 0 Å². The van der Waals surface area contributed by atoms with E-state index in [4.69, 9.17) is 14.3 Å². The van der Waals surface area contributed by atoms with Gasteiger partial charge in [-0.05, 0) is 38.3 Å². The van der Waals surface area contributed by atoms with Gasteiger partial charge in [0.15, 0.2) is 15.5 Å². The van der Waals surface area contributed by atoms with Crippen LogP contribution in [0.25, 0.3) is 0 Å². The average molecular weight is 497 g/mol. The second kappa shape index (κ2) is 11.6. The van der Waals surface area contributed by atoms with Gasteiger partial charge >= 0.3 is 0 Å². The molecule has 1 aromatic carbocycles. The second-order valence-electron chi connectivity index (χ2n) is 7.63. The molecule has 12 heteroatoms. The first-order valence-electron chi connectivity index (χ1n) is 10.5. The van der Waals surface area contributed by atoms with E-state index in [0.29, 0.717) is 36.0 Å². The highest BCUT2D eigenvalue weighted by molar-refractivity contribution is 7.91. The predicted octanol–water partition coefficient (Wildman–Crippen LogP) is 2.58. The van der Waals surface area contributed by atoms with E-state index >= 15 is 0 Å². The number of oxime groups is 1. The van der Waals surface area contributed by atoms with Crippen LogP contribution in [0.4, 0.5) is 5.13 Å². The molecule has 2 atom stereocenters. The molecule has 1 heterocycles. The molecule has 0 spiro atoms. The zero-order chi connectivity index (χ0) is 23.8. The van der Waals surface area contributed by atoms with Crippen LogP contribution in [-0.4, -0.2) is 68.2 Å². The minimum atomic E-state index is -3.46. The Hall–Kier alpha value is -2.41. The van der Waals surface area contributed by atoms with Gasteiger partial charge in [-0.25, -0.2) is 13.4 Å². The summed E-state index contributed by atoms with van der Waals surface area (Å²) in [5, 5.41) is 7.15. The number of ether oxygens (including phenoxy) is 2. The third kappa shape index (κ3) is 7.03. The molecule has 1 amide bonds. The van der Waals surface area contributed by atoms with Crippen LogP contribution in [0, 0.1) is 6.92 Å². The first kappa shape index (κ1) is 25.2. The van der Waals surface area contributed by atoms with Gasteiger partial charge in [-0.3, -0.25) is 10.1 Å². The maximum absolute atomic E-state index is 13.0. The molecule has 33 heavy (non-hydrogen) atoms. The van der Waals surface area contributed by atoms with Gasteiger partial charge in [0.1, 0.15) is 11.9 Å². The molecule has 0 unspecified atom stereocenters. The number of amides is 1. The number of methoxy groups -OCH3 is 2. The smallest absolute Gasteiger partial charge is 0.280 e. The van der Waals surface area contributed by atoms with Crippen molar-refractivity contribution in [3.63, 3.8) is 0 Å². The van der Waals surface area contributed by atoms with Gasteiger partial charge in [0.05, 0.1) is 16.8 Å². The van der Waals surface area contributed by atoms with E-state index in [2.05, 4.69) is 19.8 Å². The van der Waals surface area contributed by atoms with Crippen molar-refractivity contribution in [2.24, 2.45) is 5.16 Å². The average Bonchev–Trinajstić information content (AvgIpc) is 3.43. The Kier molecular flexibility index (Phi) is 8.89. The molecule has 1 aromatic heterocycles. The summed E-state index contributed by atoms with van der Waals surface area (Å²) in [5.74, 6) is -0.00324. The highest BCUT2D eigenvalue weighted by Crippen LogP contribution is 2.25. The summed E-state index contributed by atoms with van der Waals surface area (Å²) in [6, 6.07) is 6.02. The van der Waals surface area contributed by atoms with Crippen LogP contribution < -0.4 is 5.32 Å². The van der Waals surface area contributed by atoms with E-state index in [1.165, 1.54) is 19.2 Å². The van der Waals surface area contributed by atoms with E-state index in [-0.39, 0.29) is 28.6 Å². The second-order valence-corrected chi connectivity index (χ2v) is 10.5. The highest BCUT2D eigenvalue weighted by Gasteiger charge is 2.27. The Bertz CT molecular complexity index is 1070. The normalized spacial score (nSPS) is 18.9. The molecule has 180 valence electrons. The van der Waals surface area contributed by atoms with Crippen LogP contribution in [0.1, 0.15) is 37.1 Å². The number of aryl methyl sites for hydroxylation is 1. The predicted molar refractivity (Wildman–Crippen MR) is 124 cm³/mol. The van der Waals surface area contributed by atoms with E-state index < -0.39 is 15.7 Å². The summed E-state index contributed by atoms with van der Waals surface area (Å²) < 4.78 is 39.4. The minimum Gasteiger partial charge on any atom is -0.392 e. The van der Waals surface area contributed by atoms with E-state index in [1.54, 1.807) is 26.2 Å². The Morgan fingerprint density at radius 1 is 1.21 bits per heavy atom. The maximum atomic E-state index is 13.0. The van der Waals surface area contributed by atoms with Crippen molar-refractivity contribution in [2.75, 3.05) is 31.9 Å². The number of rotatable bonds is 11. The SMILES string of the molecule is COCCCS(=O)(=O)c1ccc(/C(=N\O[C@@H]2CC[C@@H](OC)C2)C(=O)Nc2nc(C)ns2)cc1. The summed E-state index contributed by atoms with van der Waals surface area (Å²) in [6.45, 7) is 2.09. The lowest BCUT2D eigenvalue weighted by molar-refractivity contribution is -0.110. The van der Waals surface area contributed by atoms with Gasteiger partial charge in [0.25, 0.3) is 5.91 Å². The van der Waals surface area contributed by atoms with E-state index in [1.807, 2.05) is 0 Å². The lowest BCUT2D eigenvalue weighted by atomic mass is 10.1. The van der Waals surface area contributed by atoms with Crippen LogP contribution in [0.2, 0.25) is 0 Å². The van der Waals surface area contributed by atoms with Crippen LogP contribution in [0.5, 0.6) is 0 Å². The van der Waals surface area contributed by atoms with Crippen molar-refractivity contribution in [3.05, 3.63) is 35.7 Å². The van der Waals surface area contributed by atoms with Crippen LogP contribution in [-0.2, 0) is 28.9 Å². The number of carbonyl (C=O) groups excluding carboxylic acids is 1. The molecule has 1 N–H and O–H groups in total. The van der Waals surface area contributed by atoms with E-state index in [9.17, 15) is 13.2 Å². The molecular formula is C21H28N4O6S2. The highest BCUT2D eigenvalue weighted by atomic mass is 32.2. The molecule has 3 rings (SSSR count). The van der Waals surface area contributed by atoms with Crippen molar-refractivity contribution < 1.29 is 27.5 Å². The van der Waals surface area contributed by atoms with Crippen LogP contribution >= 0.6 is 11.5 Å². The van der Waals surface area contributed by atoms with Gasteiger partial charge in [0.2, 0.25) is 5.13 Å². The number of sulfone groups is 1. The Labute approximate surface area is 197 Å². The molecule has 0 aliphatic heterocycles. The summed E-state index contributed by atoms with van der Waals surface area (Å²) >= 11 is 1.06. The Balaban J connectivity index is 1.80. The van der Waals surface area contributed by atoms with Crippen molar-refractivity contribution in [1.29, 1.82) is 0 Å². The Morgan fingerprint density at radius 2 is 1.94 bits per heavy atom. The first-order valence-corrected chi connectivity index (χ1v) is 13.0. The van der Waals surface area contributed by atoms with Gasteiger partial charge < -0.3 is 14.3 Å². The number of hydrogen-bond donors (Lipinski definition) is 1.